The number of hydrogen-bond acceptors (Lipinski definition) is 7. The number of nitrogens with zero attached hydrogens (tertiary/aromatic N) is 3. The number of allylic oxidation sites excluding steroid dienone is 1. The van der Waals surface area contributed by atoms with Crippen LogP contribution in [0.1, 0.15) is 15.4 Å². The van der Waals surface area contributed by atoms with Crippen LogP contribution in [0.2, 0.25) is 0 Å². The Kier molecular flexibility index (Phi) is 6.27. The van der Waals surface area contributed by atoms with Gasteiger partial charge in [-0.15, -0.1) is 11.3 Å². The van der Waals surface area contributed by atoms with Gasteiger partial charge in [0.15, 0.2) is 5.76 Å². The van der Waals surface area contributed by atoms with Crippen molar-refractivity contribution in [3.05, 3.63) is 99.7 Å². The van der Waals surface area contributed by atoms with Gasteiger partial charge in [-0.05, 0) is 36.4 Å². The van der Waals surface area contributed by atoms with Crippen LogP contribution in [0.4, 0.5) is 0 Å². The van der Waals surface area contributed by atoms with Gasteiger partial charge in [-0.1, -0.05) is 58.4 Å². The van der Waals surface area contributed by atoms with Crippen LogP contribution in [0.5, 0.6) is 0 Å². The predicted molar refractivity (Wildman–Crippen MR) is 140 cm³/mol. The number of carbonyl (C=O) groups excluding carboxylic acids is 1. The van der Waals surface area contributed by atoms with Crippen molar-refractivity contribution in [2.45, 2.75) is 0 Å². The summed E-state index contributed by atoms with van der Waals surface area (Å²) in [5.41, 5.74) is 3.12. The van der Waals surface area contributed by atoms with Crippen LogP contribution in [0, 0.1) is 11.3 Å². The first-order chi connectivity index (χ1) is 17.0. The van der Waals surface area contributed by atoms with E-state index in [1.165, 1.54) is 11.3 Å². The van der Waals surface area contributed by atoms with Crippen LogP contribution in [0.3, 0.4) is 0 Å². The number of nitriles is 1. The second kappa shape index (κ2) is 9.66. The number of aliphatic hydroxyl groups excluding tert-OH is 1. The van der Waals surface area contributed by atoms with Crippen LogP contribution < -0.4 is 0 Å². The van der Waals surface area contributed by atoms with Crippen LogP contribution in [-0.2, 0) is 4.74 Å². The second-order valence-corrected chi connectivity index (χ2v) is 9.53. The van der Waals surface area contributed by atoms with Crippen molar-refractivity contribution in [2.24, 2.45) is 0 Å². The number of hydrogen-bond donors (Lipinski definition) is 1. The Morgan fingerprint density at radius 3 is 2.54 bits per heavy atom. The van der Waals surface area contributed by atoms with E-state index in [-0.39, 0.29) is 11.3 Å². The normalized spacial score (nSPS) is 11.8. The quantitative estimate of drug-likeness (QED) is 0.147. The molecule has 0 unspecified atom stereocenters. The van der Waals surface area contributed by atoms with E-state index in [2.05, 4.69) is 25.9 Å². The van der Waals surface area contributed by atoms with Crippen molar-refractivity contribution in [3.8, 4) is 17.3 Å². The summed E-state index contributed by atoms with van der Waals surface area (Å²) in [5.74, 6) is -0.988. The average Bonchev–Trinajstić information content (AvgIpc) is 3.30. The molecule has 5 rings (SSSR count). The van der Waals surface area contributed by atoms with Crippen molar-refractivity contribution >= 4 is 59.9 Å². The maximum atomic E-state index is 13.1. The molecule has 8 heteroatoms. The molecule has 0 aliphatic carbocycles. The summed E-state index contributed by atoms with van der Waals surface area (Å²) < 4.78 is 7.22. The summed E-state index contributed by atoms with van der Waals surface area (Å²) in [4.78, 5) is 22.2. The van der Waals surface area contributed by atoms with Gasteiger partial charge >= 0.3 is 5.97 Å². The van der Waals surface area contributed by atoms with Crippen LogP contribution in [0.15, 0.2) is 89.1 Å². The number of aliphatic hydroxyl groups is 1. The molecular formula is C27H16BrN3O3S. The molecule has 1 N–H and O–H groups in total. The summed E-state index contributed by atoms with van der Waals surface area (Å²) in [6, 6.07) is 26.0. The van der Waals surface area contributed by atoms with E-state index < -0.39 is 12.6 Å². The lowest BCUT2D eigenvalue weighted by atomic mass is 10.0. The zero-order valence-corrected chi connectivity index (χ0v) is 20.5. The summed E-state index contributed by atoms with van der Waals surface area (Å²) in [6.45, 7) is -0.458. The maximum Gasteiger partial charge on any atom is 0.339 e. The number of aromatic nitrogens is 2. The van der Waals surface area contributed by atoms with Crippen molar-refractivity contribution < 1.29 is 14.6 Å². The fourth-order valence-corrected chi connectivity index (χ4v) is 5.02. The molecular weight excluding hydrogens is 526 g/mol. The lowest BCUT2D eigenvalue weighted by molar-refractivity contribution is 0.0505. The molecule has 5 aromatic rings. The molecule has 0 spiro atoms. The van der Waals surface area contributed by atoms with Crippen LogP contribution >= 0.6 is 27.3 Å². The molecule has 35 heavy (non-hydrogen) atoms. The number of esters is 1. The second-order valence-electron chi connectivity index (χ2n) is 7.58. The number of pyridine rings is 1. The molecule has 0 bridgehead atoms. The van der Waals surface area contributed by atoms with E-state index in [0.29, 0.717) is 27.2 Å². The van der Waals surface area contributed by atoms with E-state index in [9.17, 15) is 15.2 Å². The number of rotatable bonds is 5. The summed E-state index contributed by atoms with van der Waals surface area (Å²) in [6.07, 6.45) is 0. The molecule has 170 valence electrons. The van der Waals surface area contributed by atoms with E-state index in [4.69, 9.17) is 4.74 Å². The molecule has 3 aromatic carbocycles. The fourth-order valence-electron chi connectivity index (χ4n) is 3.64. The van der Waals surface area contributed by atoms with Gasteiger partial charge in [-0.3, -0.25) is 0 Å². The van der Waals surface area contributed by atoms with Crippen LogP contribution in [-0.4, -0.2) is 27.7 Å². The lowest BCUT2D eigenvalue weighted by Gasteiger charge is -2.10. The number of carbonyl (C=O) groups is 1. The van der Waals surface area contributed by atoms with Gasteiger partial charge in [-0.2, -0.15) is 5.26 Å². The van der Waals surface area contributed by atoms with Gasteiger partial charge in [0.05, 0.1) is 27.0 Å². The predicted octanol–water partition coefficient (Wildman–Crippen LogP) is 6.92. The van der Waals surface area contributed by atoms with Crippen molar-refractivity contribution in [1.29, 1.82) is 5.26 Å². The number of para-hydroxylation sites is 2. The van der Waals surface area contributed by atoms with Gasteiger partial charge in [0.1, 0.15) is 23.3 Å². The van der Waals surface area contributed by atoms with E-state index in [0.717, 1.165) is 20.3 Å². The molecule has 0 atom stereocenters. The Hall–Kier alpha value is -4.06. The van der Waals surface area contributed by atoms with Crippen molar-refractivity contribution in [3.63, 3.8) is 0 Å². The molecule has 0 aliphatic rings. The zero-order chi connectivity index (χ0) is 24.4. The standard InChI is InChI=1S/C27H16BrN3O3S/c28-17-7-5-6-16(12-17)23-13-19(18-8-1-2-9-21(18)30-23)27(33)34-15-24(32)20(14-29)26-31-22-10-3-4-11-25(22)35-26/h1-13,32H,15H2/b24-20-. The highest BCUT2D eigenvalue weighted by Gasteiger charge is 2.19. The topological polar surface area (TPSA) is 96.1 Å². The van der Waals surface area contributed by atoms with Gasteiger partial charge in [0, 0.05) is 15.4 Å². The molecule has 0 amide bonds. The third-order valence-corrected chi connectivity index (χ3v) is 6.85. The Morgan fingerprint density at radius 1 is 1.00 bits per heavy atom. The van der Waals surface area contributed by atoms with Gasteiger partial charge in [-0.25, -0.2) is 14.8 Å². The molecule has 6 nitrogen and oxygen atoms in total. The first-order valence-electron chi connectivity index (χ1n) is 10.5. The van der Waals surface area contributed by atoms with Crippen molar-refractivity contribution in [2.75, 3.05) is 6.61 Å². The number of fused-ring (bicyclic) bond motifs is 2. The summed E-state index contributed by atoms with van der Waals surface area (Å²) in [7, 11) is 0. The molecule has 0 aliphatic heterocycles. The summed E-state index contributed by atoms with van der Waals surface area (Å²) >= 11 is 4.75. The highest BCUT2D eigenvalue weighted by Crippen LogP contribution is 2.29. The largest absolute Gasteiger partial charge is 0.507 e. The lowest BCUT2D eigenvalue weighted by Crippen LogP contribution is -2.10. The average molecular weight is 542 g/mol. The smallest absolute Gasteiger partial charge is 0.339 e. The number of thiazole rings is 1. The van der Waals surface area contributed by atoms with Gasteiger partial charge in [0.25, 0.3) is 0 Å². The third kappa shape index (κ3) is 4.64. The van der Waals surface area contributed by atoms with E-state index in [1.807, 2.05) is 72.8 Å². The molecule has 0 radical (unpaired) electrons. The maximum absolute atomic E-state index is 13.1. The van der Waals surface area contributed by atoms with E-state index in [1.54, 1.807) is 12.1 Å². The minimum atomic E-state index is -0.631. The van der Waals surface area contributed by atoms with Gasteiger partial charge < -0.3 is 9.84 Å². The first-order valence-corrected chi connectivity index (χ1v) is 12.2. The Bertz CT molecular complexity index is 1640. The Labute approximate surface area is 212 Å². The zero-order valence-electron chi connectivity index (χ0n) is 18.1. The molecule has 0 saturated carbocycles. The summed E-state index contributed by atoms with van der Waals surface area (Å²) in [5, 5.41) is 21.2. The minimum Gasteiger partial charge on any atom is -0.507 e. The fraction of sp³-hybridized carbons (Fsp3) is 0.0370. The first kappa shape index (κ1) is 22.7. The van der Waals surface area contributed by atoms with Gasteiger partial charge in [0.2, 0.25) is 0 Å². The Morgan fingerprint density at radius 2 is 1.77 bits per heavy atom. The van der Waals surface area contributed by atoms with E-state index >= 15 is 0 Å². The van der Waals surface area contributed by atoms with Crippen molar-refractivity contribution in [1.82, 2.24) is 9.97 Å². The molecule has 0 fully saturated rings. The Balaban J connectivity index is 1.46. The highest BCUT2D eigenvalue weighted by atomic mass is 79.9. The SMILES string of the molecule is N#C/C(=C(/O)COC(=O)c1cc(-c2cccc(Br)c2)nc2ccccc12)c1nc2ccccc2s1. The third-order valence-electron chi connectivity index (χ3n) is 5.30. The molecule has 2 heterocycles. The number of ether oxygens (including phenoxy) is 1. The van der Waals surface area contributed by atoms with Crippen LogP contribution in [0.25, 0.3) is 38.0 Å². The minimum absolute atomic E-state index is 0.0200. The number of halogens is 1. The molecule has 0 saturated heterocycles. The monoisotopic (exact) mass is 541 g/mol. The molecule has 2 aromatic heterocycles. The highest BCUT2D eigenvalue weighted by molar-refractivity contribution is 9.10. The number of benzene rings is 3.